The van der Waals surface area contributed by atoms with Crippen molar-refractivity contribution in [2.45, 2.75) is 37.2 Å². The number of rotatable bonds is 0. The predicted molar refractivity (Wildman–Crippen MR) is 89.1 cm³/mol. The summed E-state index contributed by atoms with van der Waals surface area (Å²) in [4.78, 5) is 4.72. The van der Waals surface area contributed by atoms with Gasteiger partial charge in [0.15, 0.2) is 0 Å². The van der Waals surface area contributed by atoms with E-state index in [1.807, 2.05) is 0 Å². The third kappa shape index (κ3) is 9.49. The molecule has 0 fully saturated rings. The molecule has 1 aliphatic heterocycles. The number of hydrogen-bond acceptors (Lipinski definition) is 1. The maximum absolute atomic E-state index is 4.72. The van der Waals surface area contributed by atoms with Crippen molar-refractivity contribution < 1.29 is 13.1 Å². The van der Waals surface area contributed by atoms with Gasteiger partial charge in [0.2, 0.25) is 0 Å². The van der Waals surface area contributed by atoms with Crippen LogP contribution in [-0.2, 0) is 48.2 Å². The fraction of sp³-hybridized carbons (Fsp3) is 0.615. The number of nitrogens with zero attached hydrogens (tertiary/aromatic N) is 1. The van der Waals surface area contributed by atoms with Crippen LogP contribution in [0.4, 0.5) is 0 Å². The SMILES string of the molecule is [Cl][Cu][Cl].c1cc2nc(c1)C[SH+]CCCCCC[SH+]C2. The minimum Gasteiger partial charge on any atom is -0.248 e. The molecular weight excluding hydrogens is 369 g/mol. The molecule has 1 nitrogen and oxygen atoms in total. The van der Waals surface area contributed by atoms with E-state index in [4.69, 9.17) is 4.98 Å². The molecule has 2 heterocycles. The normalized spacial score (nSPS) is 17.4. The van der Waals surface area contributed by atoms with Gasteiger partial charge in [0.1, 0.15) is 23.0 Å². The summed E-state index contributed by atoms with van der Waals surface area (Å²) in [5.74, 6) is 4.99. The van der Waals surface area contributed by atoms with Gasteiger partial charge >= 0.3 is 33.3 Å². The Morgan fingerprint density at radius 3 is 1.84 bits per heavy atom. The van der Waals surface area contributed by atoms with Crippen LogP contribution in [0.25, 0.3) is 0 Å². The largest absolute Gasteiger partial charge is 0.248 e. The van der Waals surface area contributed by atoms with Crippen molar-refractivity contribution in [1.82, 2.24) is 4.98 Å². The van der Waals surface area contributed by atoms with E-state index in [9.17, 15) is 0 Å². The van der Waals surface area contributed by atoms with E-state index in [0.717, 1.165) is 24.6 Å². The fourth-order valence-electron chi connectivity index (χ4n) is 1.89. The summed E-state index contributed by atoms with van der Waals surface area (Å²) in [6.45, 7) is 0. The molecule has 0 saturated carbocycles. The second-order valence-electron chi connectivity index (χ2n) is 4.29. The first-order valence-corrected chi connectivity index (χ1v) is 11.5. The Morgan fingerprint density at radius 2 is 1.37 bits per heavy atom. The van der Waals surface area contributed by atoms with Gasteiger partial charge in [-0.1, -0.05) is 6.07 Å². The molecule has 2 bridgehead atoms. The van der Waals surface area contributed by atoms with Crippen molar-refractivity contribution in [2.24, 2.45) is 0 Å². The van der Waals surface area contributed by atoms with E-state index in [1.165, 1.54) is 48.6 Å². The summed E-state index contributed by atoms with van der Waals surface area (Å²) < 4.78 is 0. The van der Waals surface area contributed by atoms with Gasteiger partial charge in [-0.2, -0.15) is 0 Å². The van der Waals surface area contributed by atoms with Crippen LogP contribution in [0.1, 0.15) is 37.1 Å². The van der Waals surface area contributed by atoms with Crippen LogP contribution in [0, 0.1) is 0 Å². The molecule has 0 amide bonds. The topological polar surface area (TPSA) is 12.9 Å². The van der Waals surface area contributed by atoms with Crippen molar-refractivity contribution in [1.29, 1.82) is 0 Å². The summed E-state index contributed by atoms with van der Waals surface area (Å²) in [7, 11) is 9.34. The summed E-state index contributed by atoms with van der Waals surface area (Å²) >= 11 is 3.86. The third-order valence-corrected chi connectivity index (χ3v) is 5.15. The second-order valence-corrected chi connectivity index (χ2v) is 8.26. The quantitative estimate of drug-likeness (QED) is 0.375. The number of aromatic nitrogens is 1. The summed E-state index contributed by atoms with van der Waals surface area (Å²) in [6, 6.07) is 6.52. The summed E-state index contributed by atoms with van der Waals surface area (Å²) in [5.41, 5.74) is 2.57. The van der Waals surface area contributed by atoms with Crippen molar-refractivity contribution in [2.75, 3.05) is 11.5 Å². The van der Waals surface area contributed by atoms with E-state index in [1.54, 1.807) is 23.5 Å². The van der Waals surface area contributed by atoms with Gasteiger partial charge in [0.25, 0.3) is 0 Å². The average Bonchev–Trinajstić information content (AvgIpc) is 2.43. The molecule has 0 aliphatic carbocycles. The Labute approximate surface area is 139 Å². The molecule has 19 heavy (non-hydrogen) atoms. The zero-order valence-corrected chi connectivity index (χ0v) is 15.0. The molecule has 0 saturated heterocycles. The van der Waals surface area contributed by atoms with Gasteiger partial charge in [-0.25, -0.2) is 4.98 Å². The Balaban J connectivity index is 0.000000550. The van der Waals surface area contributed by atoms with E-state index in [-0.39, 0.29) is 0 Å². The van der Waals surface area contributed by atoms with Crippen molar-refractivity contribution in [3.8, 4) is 0 Å². The van der Waals surface area contributed by atoms with Crippen molar-refractivity contribution >= 4 is 43.7 Å². The molecule has 0 spiro atoms. The van der Waals surface area contributed by atoms with Gasteiger partial charge in [0, 0.05) is 0 Å². The monoisotopic (exact) mass is 388 g/mol. The van der Waals surface area contributed by atoms with E-state index in [2.05, 4.69) is 38.4 Å². The van der Waals surface area contributed by atoms with Gasteiger partial charge in [-0.15, -0.1) is 0 Å². The Kier molecular flexibility index (Phi) is 12.0. The smallest absolute Gasteiger partial charge is 0.147 e. The maximum atomic E-state index is 4.72. The number of pyridine rings is 1. The molecule has 0 atom stereocenters. The fourth-order valence-corrected chi connectivity index (χ4v) is 3.91. The maximum Gasteiger partial charge on any atom is 0.147 e. The number of hydrogen-bond donors (Lipinski definition) is 0. The van der Waals surface area contributed by atoms with Gasteiger partial charge in [0.05, 0.1) is 11.4 Å². The number of fused-ring (bicyclic) bond motifs is 2. The molecule has 6 heteroatoms. The van der Waals surface area contributed by atoms with Crippen LogP contribution >= 0.6 is 20.2 Å². The Bertz CT molecular complexity index is 315. The molecule has 1 aliphatic rings. The van der Waals surface area contributed by atoms with E-state index < -0.39 is 0 Å². The molecule has 2 rings (SSSR count). The van der Waals surface area contributed by atoms with Gasteiger partial charge < -0.3 is 0 Å². The Morgan fingerprint density at radius 1 is 0.895 bits per heavy atom. The van der Waals surface area contributed by atoms with Crippen molar-refractivity contribution in [3.05, 3.63) is 29.6 Å². The molecule has 1 aromatic heterocycles. The molecule has 1 aromatic rings. The van der Waals surface area contributed by atoms with Gasteiger partial charge in [-0.3, -0.25) is 0 Å². The van der Waals surface area contributed by atoms with E-state index >= 15 is 0 Å². The zero-order chi connectivity index (χ0) is 13.8. The average molecular weight is 390 g/mol. The van der Waals surface area contributed by atoms with Gasteiger partial charge in [-0.05, 0) is 61.3 Å². The van der Waals surface area contributed by atoms with Crippen LogP contribution < -0.4 is 0 Å². The molecule has 0 radical (unpaired) electrons. The van der Waals surface area contributed by atoms with Crippen LogP contribution in [0.5, 0.6) is 0 Å². The minimum atomic E-state index is 0.757. The standard InChI is InChI=1S/C13H19NS2.2ClH.Cu/c1-2-4-9-16-11-13-7-5-6-12(14-13)10-15-8-3-1;;;/h5-7H,1-4,8-11H2;2*1H;/q;;;+2. The van der Waals surface area contributed by atoms with Crippen molar-refractivity contribution in [3.63, 3.8) is 0 Å². The second kappa shape index (κ2) is 12.7. The number of halogens is 2. The van der Waals surface area contributed by atoms with Crippen LogP contribution in [-0.4, -0.2) is 16.5 Å². The first-order valence-electron chi connectivity index (χ1n) is 6.39. The molecule has 113 valence electrons. The number of thiol groups is 2. The van der Waals surface area contributed by atoms with Crippen LogP contribution in [0.15, 0.2) is 18.2 Å². The first kappa shape index (κ1) is 18.0. The summed E-state index contributed by atoms with van der Waals surface area (Å²) in [5, 5.41) is 0. The molecule has 0 N–H and O–H groups in total. The summed E-state index contributed by atoms with van der Waals surface area (Å²) in [6.07, 6.45) is 5.65. The third-order valence-electron chi connectivity index (χ3n) is 2.79. The molecular formula is C13H21Cl2CuNS2+2. The van der Waals surface area contributed by atoms with Crippen LogP contribution in [0.3, 0.4) is 0 Å². The van der Waals surface area contributed by atoms with E-state index in [0.29, 0.717) is 0 Å². The van der Waals surface area contributed by atoms with Crippen LogP contribution in [0.2, 0.25) is 0 Å². The zero-order valence-electron chi connectivity index (χ0n) is 10.8. The predicted octanol–water partition coefficient (Wildman–Crippen LogP) is 3.66. The first-order chi connectivity index (χ1) is 9.36. The molecule has 0 aromatic carbocycles. The Hall–Kier alpha value is 0.949. The molecule has 0 unspecified atom stereocenters. The minimum absolute atomic E-state index is 0.757.